The number of hydrogen-bond donors (Lipinski definition) is 2. The van der Waals surface area contributed by atoms with Crippen LogP contribution < -0.4 is 0 Å². The standard InChI is InChI=1S/C6H14O2.C5H9Br3O/c1-3-4-5-8-6(2)7;1-2-3-4(6)5(7,8)9/h6-7H,3-5H2,1-2H3;4,9H,2-3H2,1H3. The van der Waals surface area contributed by atoms with Crippen LogP contribution in [0.2, 0.25) is 0 Å². The summed E-state index contributed by atoms with van der Waals surface area (Å²) in [5, 5.41) is 17.8. The second-order valence-electron chi connectivity index (χ2n) is 3.67. The van der Waals surface area contributed by atoms with Gasteiger partial charge in [-0.15, -0.1) is 0 Å². The molecule has 0 heterocycles. The predicted octanol–water partition coefficient (Wildman–Crippen LogP) is 4.13. The van der Waals surface area contributed by atoms with Crippen molar-refractivity contribution >= 4 is 47.8 Å². The van der Waals surface area contributed by atoms with E-state index in [1.165, 1.54) is 0 Å². The van der Waals surface area contributed by atoms with Gasteiger partial charge in [0.1, 0.15) is 0 Å². The lowest BCUT2D eigenvalue weighted by Crippen LogP contribution is -2.23. The number of halogens is 3. The van der Waals surface area contributed by atoms with Crippen LogP contribution in [0.5, 0.6) is 0 Å². The zero-order valence-electron chi connectivity index (χ0n) is 10.6. The molecule has 0 rings (SSSR count). The molecule has 0 radical (unpaired) electrons. The molecule has 106 valence electrons. The highest BCUT2D eigenvalue weighted by Gasteiger charge is 2.27. The Morgan fingerprint density at radius 1 is 1.24 bits per heavy atom. The molecule has 0 bridgehead atoms. The maximum absolute atomic E-state index is 9.20. The average Bonchev–Trinajstić information content (AvgIpc) is 2.17. The monoisotopic (exact) mass is 440 g/mol. The third-order valence-electron chi connectivity index (χ3n) is 1.78. The molecule has 3 nitrogen and oxygen atoms in total. The van der Waals surface area contributed by atoms with Gasteiger partial charge in [-0.2, -0.15) is 0 Å². The number of unbranched alkanes of at least 4 members (excludes halogenated alkanes) is 1. The van der Waals surface area contributed by atoms with Gasteiger partial charge in [-0.25, -0.2) is 0 Å². The fourth-order valence-electron chi connectivity index (χ4n) is 0.825. The van der Waals surface area contributed by atoms with Gasteiger partial charge in [0.05, 0.1) is 4.83 Å². The first-order chi connectivity index (χ1) is 7.75. The summed E-state index contributed by atoms with van der Waals surface area (Å²) in [5.74, 6) is 0. The highest BCUT2D eigenvalue weighted by Crippen LogP contribution is 2.33. The van der Waals surface area contributed by atoms with Gasteiger partial charge in [-0.1, -0.05) is 42.6 Å². The van der Waals surface area contributed by atoms with Crippen molar-refractivity contribution in [3.05, 3.63) is 0 Å². The van der Waals surface area contributed by atoms with E-state index in [-0.39, 0.29) is 4.83 Å². The van der Waals surface area contributed by atoms with E-state index < -0.39 is 9.71 Å². The summed E-state index contributed by atoms with van der Waals surface area (Å²) in [6.07, 6.45) is 3.54. The number of aliphatic hydroxyl groups is 2. The molecular formula is C11H23Br3O3. The summed E-state index contributed by atoms with van der Waals surface area (Å²) in [4.78, 5) is 0.0648. The number of ether oxygens (including phenoxy) is 1. The zero-order chi connectivity index (χ0) is 13.9. The fraction of sp³-hybridized carbons (Fsp3) is 1.00. The van der Waals surface area contributed by atoms with Gasteiger partial charge in [0.25, 0.3) is 0 Å². The van der Waals surface area contributed by atoms with Crippen LogP contribution in [0.1, 0.15) is 46.5 Å². The molecule has 0 saturated heterocycles. The summed E-state index contributed by atoms with van der Waals surface area (Å²) in [6.45, 7) is 6.45. The molecule has 6 heteroatoms. The van der Waals surface area contributed by atoms with Crippen LogP contribution in [-0.4, -0.2) is 31.4 Å². The van der Waals surface area contributed by atoms with Crippen LogP contribution in [0.3, 0.4) is 0 Å². The summed E-state index contributed by atoms with van der Waals surface area (Å²) in [5.41, 5.74) is 0. The SMILES string of the molecule is CCCC(Br)C(O)(Br)Br.CCCCOC(C)O. The number of aliphatic hydroxyl groups excluding tert-OH is 1. The second kappa shape index (κ2) is 12.4. The van der Waals surface area contributed by atoms with Crippen molar-refractivity contribution in [1.82, 2.24) is 0 Å². The van der Waals surface area contributed by atoms with E-state index in [9.17, 15) is 5.11 Å². The minimum atomic E-state index is -0.948. The van der Waals surface area contributed by atoms with Crippen molar-refractivity contribution in [3.63, 3.8) is 0 Å². The van der Waals surface area contributed by atoms with E-state index in [0.717, 1.165) is 25.7 Å². The lowest BCUT2D eigenvalue weighted by molar-refractivity contribution is -0.0856. The molecule has 0 fully saturated rings. The zero-order valence-corrected chi connectivity index (χ0v) is 15.4. The Labute approximate surface area is 130 Å². The Morgan fingerprint density at radius 3 is 2.00 bits per heavy atom. The first kappa shape index (κ1) is 20.6. The van der Waals surface area contributed by atoms with E-state index in [0.29, 0.717) is 6.61 Å². The van der Waals surface area contributed by atoms with E-state index in [4.69, 9.17) is 9.84 Å². The van der Waals surface area contributed by atoms with Gasteiger partial charge >= 0.3 is 0 Å². The second-order valence-corrected chi connectivity index (χ2v) is 8.26. The normalized spacial score (nSPS) is 14.8. The maximum Gasteiger partial charge on any atom is 0.187 e. The molecule has 0 amide bonds. The highest BCUT2D eigenvalue weighted by atomic mass is 79.9. The molecule has 0 aromatic carbocycles. The smallest absolute Gasteiger partial charge is 0.187 e. The van der Waals surface area contributed by atoms with E-state index >= 15 is 0 Å². The van der Waals surface area contributed by atoms with Crippen LogP contribution in [0.4, 0.5) is 0 Å². The van der Waals surface area contributed by atoms with Crippen molar-refractivity contribution in [2.75, 3.05) is 6.61 Å². The van der Waals surface area contributed by atoms with Gasteiger partial charge in [0.2, 0.25) is 0 Å². The van der Waals surface area contributed by atoms with Crippen molar-refractivity contribution in [2.45, 2.75) is 61.0 Å². The lowest BCUT2D eigenvalue weighted by atomic mass is 10.3. The summed E-state index contributed by atoms with van der Waals surface area (Å²) < 4.78 is 3.89. The molecule has 0 aliphatic rings. The lowest BCUT2D eigenvalue weighted by Gasteiger charge is -2.18. The number of hydrogen-bond acceptors (Lipinski definition) is 3. The molecule has 2 N–H and O–H groups in total. The highest BCUT2D eigenvalue weighted by molar-refractivity contribution is 9.26. The number of rotatable bonds is 7. The van der Waals surface area contributed by atoms with Gasteiger partial charge < -0.3 is 14.9 Å². The van der Waals surface area contributed by atoms with Crippen molar-refractivity contribution in [1.29, 1.82) is 0 Å². The predicted molar refractivity (Wildman–Crippen MR) is 83.0 cm³/mol. The first-order valence-electron chi connectivity index (χ1n) is 5.79. The van der Waals surface area contributed by atoms with Gasteiger partial charge in [0, 0.05) is 6.61 Å². The molecule has 17 heavy (non-hydrogen) atoms. The first-order valence-corrected chi connectivity index (χ1v) is 8.29. The quantitative estimate of drug-likeness (QED) is 0.354. The Bertz CT molecular complexity index is 161. The van der Waals surface area contributed by atoms with E-state index in [1.807, 2.05) is 0 Å². The van der Waals surface area contributed by atoms with Gasteiger partial charge in [-0.3, -0.25) is 0 Å². The number of alkyl halides is 3. The molecule has 2 unspecified atom stereocenters. The minimum Gasteiger partial charge on any atom is -0.368 e. The van der Waals surface area contributed by atoms with E-state index in [1.54, 1.807) is 6.92 Å². The van der Waals surface area contributed by atoms with Crippen LogP contribution in [0, 0.1) is 0 Å². The Hall–Kier alpha value is 1.32. The fourth-order valence-corrected chi connectivity index (χ4v) is 1.74. The minimum absolute atomic E-state index is 0.0648. The Morgan fingerprint density at radius 2 is 1.76 bits per heavy atom. The molecule has 2 atom stereocenters. The molecule has 0 aromatic heterocycles. The van der Waals surface area contributed by atoms with Crippen LogP contribution in [0.15, 0.2) is 0 Å². The summed E-state index contributed by atoms with van der Waals surface area (Å²) >= 11 is 9.46. The molecule has 0 spiro atoms. The summed E-state index contributed by atoms with van der Waals surface area (Å²) in [7, 11) is 0. The molecular weight excluding hydrogens is 420 g/mol. The third kappa shape index (κ3) is 17.3. The Kier molecular flexibility index (Phi) is 15.0. The molecule has 0 saturated carbocycles. The topological polar surface area (TPSA) is 49.7 Å². The summed E-state index contributed by atoms with van der Waals surface area (Å²) in [6, 6.07) is 0. The van der Waals surface area contributed by atoms with Crippen molar-refractivity contribution in [2.24, 2.45) is 0 Å². The van der Waals surface area contributed by atoms with Crippen LogP contribution >= 0.6 is 47.8 Å². The van der Waals surface area contributed by atoms with Gasteiger partial charge in [0.15, 0.2) is 9.71 Å². The third-order valence-corrected chi connectivity index (χ3v) is 5.23. The molecule has 0 aliphatic heterocycles. The van der Waals surface area contributed by atoms with Crippen LogP contribution in [0.25, 0.3) is 0 Å². The molecule has 0 aliphatic carbocycles. The van der Waals surface area contributed by atoms with E-state index in [2.05, 4.69) is 61.6 Å². The average molecular weight is 443 g/mol. The van der Waals surface area contributed by atoms with Gasteiger partial charge in [-0.05, 0) is 51.6 Å². The maximum atomic E-state index is 9.20. The Balaban J connectivity index is 0. The largest absolute Gasteiger partial charge is 0.368 e. The van der Waals surface area contributed by atoms with Crippen molar-refractivity contribution < 1.29 is 14.9 Å². The van der Waals surface area contributed by atoms with Crippen LogP contribution in [-0.2, 0) is 4.74 Å². The molecule has 0 aromatic rings. The van der Waals surface area contributed by atoms with Crippen molar-refractivity contribution in [3.8, 4) is 0 Å².